The number of amides is 1. The topological polar surface area (TPSA) is 66.5 Å². The van der Waals surface area contributed by atoms with Crippen molar-refractivity contribution >= 4 is 33.0 Å². The zero-order valence-corrected chi connectivity index (χ0v) is 16.9. The summed E-state index contributed by atoms with van der Waals surface area (Å²) in [7, 11) is -3.62. The Labute approximate surface area is 159 Å². The minimum Gasteiger partial charge on any atom is -0.338 e. The lowest BCUT2D eigenvalue weighted by atomic mass is 10.0. The van der Waals surface area contributed by atoms with Crippen LogP contribution in [0.4, 0.5) is 5.69 Å². The molecule has 3 rings (SSSR count). The lowest BCUT2D eigenvalue weighted by molar-refractivity contribution is -0.131. The molecule has 0 unspecified atom stereocenters. The summed E-state index contributed by atoms with van der Waals surface area (Å²) in [6, 6.07) is 9.18. The number of hydrogen-bond donors (Lipinski definition) is 1. The van der Waals surface area contributed by atoms with Gasteiger partial charge in [-0.05, 0) is 41.7 Å². The SMILES string of the molecule is CCC(=O)N1CCc2sc(S(=O)(=O)Nc3ccc(C(C)C)cc3)cc2C1. The summed E-state index contributed by atoms with van der Waals surface area (Å²) in [6.07, 6.45) is 1.18. The van der Waals surface area contributed by atoms with Gasteiger partial charge in [0.05, 0.1) is 0 Å². The number of hydrogen-bond acceptors (Lipinski definition) is 4. The van der Waals surface area contributed by atoms with Crippen LogP contribution in [0.15, 0.2) is 34.5 Å². The smallest absolute Gasteiger partial charge is 0.271 e. The first kappa shape index (κ1) is 18.9. The molecular formula is C19H24N2O3S2. The summed E-state index contributed by atoms with van der Waals surface area (Å²) in [4.78, 5) is 14.7. The monoisotopic (exact) mass is 392 g/mol. The number of nitrogens with zero attached hydrogens (tertiary/aromatic N) is 1. The maximum atomic E-state index is 12.7. The Morgan fingerprint density at radius 3 is 2.58 bits per heavy atom. The van der Waals surface area contributed by atoms with Crippen LogP contribution in [0.1, 0.15) is 49.1 Å². The molecule has 0 radical (unpaired) electrons. The molecule has 26 heavy (non-hydrogen) atoms. The minimum atomic E-state index is -3.62. The Morgan fingerprint density at radius 2 is 1.96 bits per heavy atom. The van der Waals surface area contributed by atoms with Crippen molar-refractivity contribution in [2.75, 3.05) is 11.3 Å². The van der Waals surface area contributed by atoms with Gasteiger partial charge in [-0.15, -0.1) is 11.3 Å². The van der Waals surface area contributed by atoms with E-state index in [4.69, 9.17) is 0 Å². The summed E-state index contributed by atoms with van der Waals surface area (Å²) < 4.78 is 28.4. The lowest BCUT2D eigenvalue weighted by Gasteiger charge is -2.26. The quantitative estimate of drug-likeness (QED) is 0.837. The summed E-state index contributed by atoms with van der Waals surface area (Å²) in [5.41, 5.74) is 2.67. The van der Waals surface area contributed by atoms with Gasteiger partial charge in [0.15, 0.2) is 0 Å². The highest BCUT2D eigenvalue weighted by Gasteiger charge is 2.26. The molecule has 1 aliphatic rings. The van der Waals surface area contributed by atoms with Gasteiger partial charge in [-0.25, -0.2) is 8.42 Å². The molecule has 1 aromatic heterocycles. The fourth-order valence-electron chi connectivity index (χ4n) is 3.02. The van der Waals surface area contributed by atoms with Crippen molar-refractivity contribution in [2.45, 2.75) is 50.3 Å². The molecule has 0 fully saturated rings. The van der Waals surface area contributed by atoms with Crippen molar-refractivity contribution in [3.05, 3.63) is 46.3 Å². The van der Waals surface area contributed by atoms with Crippen LogP contribution in [0.25, 0.3) is 0 Å². The molecule has 0 saturated heterocycles. The van der Waals surface area contributed by atoms with Crippen LogP contribution in [0, 0.1) is 0 Å². The first-order valence-corrected chi connectivity index (χ1v) is 11.1. The van der Waals surface area contributed by atoms with E-state index in [0.717, 1.165) is 10.4 Å². The highest BCUT2D eigenvalue weighted by atomic mass is 32.2. The maximum Gasteiger partial charge on any atom is 0.271 e. The molecule has 1 amide bonds. The molecule has 140 valence electrons. The summed E-state index contributed by atoms with van der Waals surface area (Å²) in [5, 5.41) is 0. The second-order valence-electron chi connectivity index (χ2n) is 6.81. The second-order valence-corrected chi connectivity index (χ2v) is 9.86. The Balaban J connectivity index is 1.78. The number of carbonyl (C=O) groups excluding carboxylic acids is 1. The number of sulfonamides is 1. The van der Waals surface area contributed by atoms with Crippen molar-refractivity contribution in [2.24, 2.45) is 0 Å². The third kappa shape index (κ3) is 3.94. The highest BCUT2D eigenvalue weighted by Crippen LogP contribution is 2.32. The normalized spacial score (nSPS) is 14.4. The highest BCUT2D eigenvalue weighted by molar-refractivity contribution is 7.94. The predicted molar refractivity (Wildman–Crippen MR) is 105 cm³/mol. The number of anilines is 1. The molecule has 0 saturated carbocycles. The van der Waals surface area contributed by atoms with Crippen LogP contribution in [0.5, 0.6) is 0 Å². The fourth-order valence-corrected chi connectivity index (χ4v) is 5.62. The van der Waals surface area contributed by atoms with Crippen LogP contribution in [-0.2, 0) is 27.8 Å². The molecular weight excluding hydrogens is 368 g/mol. The minimum absolute atomic E-state index is 0.106. The zero-order valence-electron chi connectivity index (χ0n) is 15.3. The van der Waals surface area contributed by atoms with Crippen molar-refractivity contribution in [3.8, 4) is 0 Å². The van der Waals surface area contributed by atoms with E-state index in [-0.39, 0.29) is 5.91 Å². The van der Waals surface area contributed by atoms with E-state index in [1.807, 2.05) is 19.1 Å². The van der Waals surface area contributed by atoms with Gasteiger partial charge in [0.2, 0.25) is 5.91 Å². The molecule has 2 aromatic rings. The molecule has 1 aliphatic heterocycles. The Morgan fingerprint density at radius 1 is 1.27 bits per heavy atom. The molecule has 0 spiro atoms. The molecule has 0 atom stereocenters. The van der Waals surface area contributed by atoms with Crippen molar-refractivity contribution in [1.82, 2.24) is 4.90 Å². The van der Waals surface area contributed by atoms with Crippen molar-refractivity contribution in [1.29, 1.82) is 0 Å². The van der Waals surface area contributed by atoms with Crippen LogP contribution in [-0.4, -0.2) is 25.8 Å². The summed E-state index contributed by atoms with van der Waals surface area (Å²) in [5.74, 6) is 0.507. The van der Waals surface area contributed by atoms with E-state index >= 15 is 0 Å². The van der Waals surface area contributed by atoms with Gasteiger partial charge in [0.25, 0.3) is 10.0 Å². The maximum absolute atomic E-state index is 12.7. The van der Waals surface area contributed by atoms with Crippen LogP contribution >= 0.6 is 11.3 Å². The predicted octanol–water partition coefficient (Wildman–Crippen LogP) is 3.97. The molecule has 7 heteroatoms. The van der Waals surface area contributed by atoms with E-state index in [9.17, 15) is 13.2 Å². The van der Waals surface area contributed by atoms with Gasteiger partial charge in [0, 0.05) is 30.1 Å². The first-order valence-electron chi connectivity index (χ1n) is 8.82. The zero-order chi connectivity index (χ0) is 18.9. The van der Waals surface area contributed by atoms with E-state index in [2.05, 4.69) is 18.6 Å². The average Bonchev–Trinajstić information content (AvgIpc) is 3.05. The molecule has 0 bridgehead atoms. The third-order valence-electron chi connectivity index (χ3n) is 4.59. The molecule has 1 N–H and O–H groups in total. The van der Waals surface area contributed by atoms with E-state index < -0.39 is 10.0 Å². The Kier molecular flexibility index (Phi) is 5.39. The van der Waals surface area contributed by atoms with Crippen molar-refractivity contribution in [3.63, 3.8) is 0 Å². The standard InChI is InChI=1S/C19H24N2O3S2/c1-4-18(22)21-10-9-17-15(12-21)11-19(25-17)26(23,24)20-16-7-5-14(6-8-16)13(2)3/h5-8,11,13,20H,4,9-10,12H2,1-3H3. The molecule has 1 aromatic carbocycles. The summed E-state index contributed by atoms with van der Waals surface area (Å²) in [6.45, 7) is 7.19. The van der Waals surface area contributed by atoms with Crippen LogP contribution < -0.4 is 4.72 Å². The Hall–Kier alpha value is -1.86. The summed E-state index contributed by atoms with van der Waals surface area (Å²) >= 11 is 1.30. The van der Waals surface area contributed by atoms with E-state index in [0.29, 0.717) is 41.7 Å². The van der Waals surface area contributed by atoms with Crippen LogP contribution in [0.3, 0.4) is 0 Å². The van der Waals surface area contributed by atoms with E-state index in [1.165, 1.54) is 16.9 Å². The number of carbonyl (C=O) groups is 1. The number of fused-ring (bicyclic) bond motifs is 1. The fraction of sp³-hybridized carbons (Fsp3) is 0.421. The number of thiophene rings is 1. The van der Waals surface area contributed by atoms with Gasteiger partial charge < -0.3 is 4.90 Å². The second kappa shape index (κ2) is 7.40. The van der Waals surface area contributed by atoms with Gasteiger partial charge in [0.1, 0.15) is 4.21 Å². The van der Waals surface area contributed by atoms with Crippen molar-refractivity contribution < 1.29 is 13.2 Å². The average molecular weight is 393 g/mol. The number of benzene rings is 1. The van der Waals surface area contributed by atoms with Gasteiger partial charge in [-0.1, -0.05) is 32.9 Å². The van der Waals surface area contributed by atoms with Gasteiger partial charge >= 0.3 is 0 Å². The van der Waals surface area contributed by atoms with E-state index in [1.54, 1.807) is 23.1 Å². The van der Waals surface area contributed by atoms with Gasteiger partial charge in [-0.3, -0.25) is 9.52 Å². The number of rotatable bonds is 5. The molecule has 5 nitrogen and oxygen atoms in total. The van der Waals surface area contributed by atoms with Gasteiger partial charge in [-0.2, -0.15) is 0 Å². The molecule has 0 aliphatic carbocycles. The largest absolute Gasteiger partial charge is 0.338 e. The third-order valence-corrected chi connectivity index (χ3v) is 7.69. The lowest BCUT2D eigenvalue weighted by Crippen LogP contribution is -2.34. The molecule has 2 heterocycles. The first-order chi connectivity index (χ1) is 12.3. The Bertz CT molecular complexity index is 899. The number of nitrogens with one attached hydrogen (secondary N) is 1. The van der Waals surface area contributed by atoms with Crippen LogP contribution in [0.2, 0.25) is 0 Å².